The molecule has 0 saturated carbocycles. The van der Waals surface area contributed by atoms with Crippen LogP contribution in [0.5, 0.6) is 0 Å². The van der Waals surface area contributed by atoms with Gasteiger partial charge in [0.25, 0.3) is 5.91 Å². The van der Waals surface area contributed by atoms with Crippen molar-refractivity contribution in [2.24, 2.45) is 5.92 Å². The number of amides is 2. The molecule has 0 unspecified atom stereocenters. The Labute approximate surface area is 185 Å². The fraction of sp³-hybridized carbons (Fsp3) is 0.429. The first-order valence-electron chi connectivity index (χ1n) is 10.3. The van der Waals surface area contributed by atoms with Crippen LogP contribution in [0.2, 0.25) is 0 Å². The van der Waals surface area contributed by atoms with Gasteiger partial charge in [0.05, 0.1) is 23.0 Å². The number of nitrogens with zero attached hydrogens (tertiary/aromatic N) is 2. The summed E-state index contributed by atoms with van der Waals surface area (Å²) in [5.41, 5.74) is 0.455. The first kappa shape index (κ1) is 21.9. The lowest BCUT2D eigenvalue weighted by Crippen LogP contribution is -2.41. The summed E-state index contributed by atoms with van der Waals surface area (Å²) in [6, 6.07) is 10.0. The summed E-state index contributed by atoms with van der Waals surface area (Å²) >= 11 is 1.42. The van der Waals surface area contributed by atoms with E-state index in [-0.39, 0.29) is 22.6 Å². The van der Waals surface area contributed by atoms with Crippen molar-refractivity contribution in [1.82, 2.24) is 9.21 Å². The third-order valence-corrected chi connectivity index (χ3v) is 8.35. The van der Waals surface area contributed by atoms with Gasteiger partial charge in [-0.3, -0.25) is 9.59 Å². The fourth-order valence-electron chi connectivity index (χ4n) is 3.82. The zero-order valence-electron chi connectivity index (χ0n) is 17.0. The molecule has 8 nitrogen and oxygen atoms in total. The van der Waals surface area contributed by atoms with E-state index in [4.69, 9.17) is 4.74 Å². The molecule has 2 fully saturated rings. The number of sulfonamides is 1. The Bertz CT molecular complexity index is 1030. The van der Waals surface area contributed by atoms with Gasteiger partial charge in [-0.15, -0.1) is 11.3 Å². The zero-order valence-corrected chi connectivity index (χ0v) is 18.7. The molecule has 2 saturated heterocycles. The molecular formula is C21H25N3O5S2. The van der Waals surface area contributed by atoms with Crippen molar-refractivity contribution in [1.29, 1.82) is 0 Å². The highest BCUT2D eigenvalue weighted by atomic mass is 32.2. The van der Waals surface area contributed by atoms with Crippen LogP contribution in [0.4, 0.5) is 5.69 Å². The van der Waals surface area contributed by atoms with E-state index in [0.717, 1.165) is 0 Å². The minimum atomic E-state index is -3.62. The van der Waals surface area contributed by atoms with Crippen LogP contribution in [0.15, 0.2) is 46.7 Å². The van der Waals surface area contributed by atoms with E-state index in [1.807, 2.05) is 17.5 Å². The van der Waals surface area contributed by atoms with E-state index in [1.54, 1.807) is 17.0 Å². The van der Waals surface area contributed by atoms with Gasteiger partial charge < -0.3 is 15.0 Å². The lowest BCUT2D eigenvalue weighted by Gasteiger charge is -2.31. The number of benzene rings is 1. The molecule has 2 aromatic rings. The fourth-order valence-corrected chi connectivity index (χ4v) is 5.96. The van der Waals surface area contributed by atoms with Crippen molar-refractivity contribution in [2.45, 2.75) is 17.7 Å². The molecule has 1 aromatic carbocycles. The van der Waals surface area contributed by atoms with Crippen molar-refractivity contribution >= 4 is 38.9 Å². The van der Waals surface area contributed by atoms with Gasteiger partial charge in [0.15, 0.2) is 0 Å². The molecule has 0 aliphatic carbocycles. The number of hydrogen-bond acceptors (Lipinski definition) is 6. The van der Waals surface area contributed by atoms with E-state index in [9.17, 15) is 18.0 Å². The van der Waals surface area contributed by atoms with Gasteiger partial charge in [0.2, 0.25) is 15.9 Å². The van der Waals surface area contributed by atoms with Crippen LogP contribution in [0.25, 0.3) is 0 Å². The number of hydrogen-bond donors (Lipinski definition) is 1. The van der Waals surface area contributed by atoms with Crippen molar-refractivity contribution in [3.63, 3.8) is 0 Å². The maximum absolute atomic E-state index is 12.8. The van der Waals surface area contributed by atoms with Crippen LogP contribution in [-0.2, 0) is 19.6 Å². The largest absolute Gasteiger partial charge is 0.379 e. The Hall–Kier alpha value is -2.27. The molecule has 0 bridgehead atoms. The molecule has 2 aliphatic heterocycles. The van der Waals surface area contributed by atoms with Gasteiger partial charge in [0, 0.05) is 37.8 Å². The maximum Gasteiger partial charge on any atom is 0.263 e. The second-order valence-corrected chi connectivity index (χ2v) is 10.5. The second-order valence-electron chi connectivity index (χ2n) is 7.58. The van der Waals surface area contributed by atoms with Gasteiger partial charge in [-0.05, 0) is 42.5 Å². The summed E-state index contributed by atoms with van der Waals surface area (Å²) in [7, 11) is -3.62. The number of rotatable bonds is 5. The first-order valence-corrected chi connectivity index (χ1v) is 12.6. The Kier molecular flexibility index (Phi) is 6.71. The van der Waals surface area contributed by atoms with E-state index < -0.39 is 10.0 Å². The Morgan fingerprint density at radius 2 is 1.77 bits per heavy atom. The predicted molar refractivity (Wildman–Crippen MR) is 118 cm³/mol. The van der Waals surface area contributed by atoms with Crippen LogP contribution in [0.1, 0.15) is 22.5 Å². The van der Waals surface area contributed by atoms with Crippen LogP contribution in [0, 0.1) is 5.92 Å². The lowest BCUT2D eigenvalue weighted by molar-refractivity contribution is -0.121. The van der Waals surface area contributed by atoms with Crippen molar-refractivity contribution in [2.75, 3.05) is 44.7 Å². The Morgan fingerprint density at radius 1 is 1.03 bits per heavy atom. The third-order valence-electron chi connectivity index (χ3n) is 5.59. The zero-order chi connectivity index (χ0) is 21.8. The first-order chi connectivity index (χ1) is 14.9. The number of anilines is 1. The quantitative estimate of drug-likeness (QED) is 0.734. The van der Waals surface area contributed by atoms with Crippen LogP contribution < -0.4 is 5.32 Å². The minimum absolute atomic E-state index is 0.00915. The monoisotopic (exact) mass is 463 g/mol. The number of carbonyl (C=O) groups is 2. The smallest absolute Gasteiger partial charge is 0.263 e. The number of thiophene rings is 1. The summed E-state index contributed by atoms with van der Waals surface area (Å²) in [5, 5.41) is 4.73. The standard InChI is InChI=1S/C21H25N3O5S2/c25-20(16-6-8-23(9-7-16)21(26)19-5-2-14-30-19)22-17-3-1-4-18(15-17)31(27,28)24-10-12-29-13-11-24/h1-5,14-16H,6-13H2,(H,22,25). The molecule has 0 atom stereocenters. The van der Waals surface area contributed by atoms with E-state index in [0.29, 0.717) is 62.8 Å². The molecule has 0 radical (unpaired) electrons. The molecule has 4 rings (SSSR count). The van der Waals surface area contributed by atoms with Gasteiger partial charge in [-0.1, -0.05) is 12.1 Å². The molecule has 2 aliphatic rings. The molecular weight excluding hydrogens is 438 g/mol. The van der Waals surface area contributed by atoms with Gasteiger partial charge in [-0.25, -0.2) is 8.42 Å². The van der Waals surface area contributed by atoms with E-state index in [2.05, 4.69) is 5.32 Å². The van der Waals surface area contributed by atoms with Crippen molar-refractivity contribution in [3.05, 3.63) is 46.7 Å². The highest BCUT2D eigenvalue weighted by molar-refractivity contribution is 7.89. The third kappa shape index (κ3) is 4.98. The van der Waals surface area contributed by atoms with Crippen LogP contribution >= 0.6 is 11.3 Å². The van der Waals surface area contributed by atoms with Crippen molar-refractivity contribution in [3.8, 4) is 0 Å². The molecule has 166 valence electrons. The number of likely N-dealkylation sites (tertiary alicyclic amines) is 1. The number of piperidine rings is 1. The second kappa shape index (κ2) is 9.47. The number of carbonyl (C=O) groups excluding carboxylic acids is 2. The summed E-state index contributed by atoms with van der Waals surface area (Å²) < 4.78 is 32.3. The Balaban J connectivity index is 1.36. The number of nitrogens with one attached hydrogen (secondary N) is 1. The minimum Gasteiger partial charge on any atom is -0.379 e. The summed E-state index contributed by atoms with van der Waals surface area (Å²) in [4.78, 5) is 27.9. The van der Waals surface area contributed by atoms with Crippen LogP contribution in [0.3, 0.4) is 0 Å². The van der Waals surface area contributed by atoms with E-state index in [1.165, 1.54) is 27.8 Å². The average molecular weight is 464 g/mol. The molecule has 1 aromatic heterocycles. The topological polar surface area (TPSA) is 96.0 Å². The molecule has 1 N–H and O–H groups in total. The molecule has 3 heterocycles. The highest BCUT2D eigenvalue weighted by Crippen LogP contribution is 2.24. The average Bonchev–Trinajstić information content (AvgIpc) is 3.34. The molecule has 31 heavy (non-hydrogen) atoms. The molecule has 2 amide bonds. The van der Waals surface area contributed by atoms with Crippen LogP contribution in [-0.4, -0.2) is 68.8 Å². The summed E-state index contributed by atoms with van der Waals surface area (Å²) in [5.74, 6) is -0.356. The summed E-state index contributed by atoms with van der Waals surface area (Å²) in [6.45, 7) is 2.45. The normalized spacial score (nSPS) is 18.6. The van der Waals surface area contributed by atoms with Gasteiger partial charge >= 0.3 is 0 Å². The SMILES string of the molecule is O=C(Nc1cccc(S(=O)(=O)N2CCOCC2)c1)C1CCN(C(=O)c2cccs2)CC1. The number of morpholine rings is 1. The molecule has 0 spiro atoms. The molecule has 10 heteroatoms. The highest BCUT2D eigenvalue weighted by Gasteiger charge is 2.29. The van der Waals surface area contributed by atoms with Gasteiger partial charge in [0.1, 0.15) is 0 Å². The van der Waals surface area contributed by atoms with E-state index >= 15 is 0 Å². The number of ether oxygens (including phenoxy) is 1. The summed E-state index contributed by atoms with van der Waals surface area (Å²) in [6.07, 6.45) is 1.16. The van der Waals surface area contributed by atoms with Gasteiger partial charge in [-0.2, -0.15) is 4.31 Å². The lowest BCUT2D eigenvalue weighted by atomic mass is 9.95. The predicted octanol–water partition coefficient (Wildman–Crippen LogP) is 2.26. The Morgan fingerprint density at radius 3 is 2.45 bits per heavy atom. The maximum atomic E-state index is 12.8. The van der Waals surface area contributed by atoms with Crippen molar-refractivity contribution < 1.29 is 22.7 Å².